The molecule has 1 atom stereocenters. The molecule has 3 rings (SSSR count). The molecule has 0 amide bonds. The molecule has 6 nitrogen and oxygen atoms in total. The Balaban J connectivity index is 2.04. The number of hydrogen-bond donors (Lipinski definition) is 2. The van der Waals surface area contributed by atoms with E-state index in [0.29, 0.717) is 23.9 Å². The third kappa shape index (κ3) is 5.80. The van der Waals surface area contributed by atoms with Crippen molar-refractivity contribution in [2.45, 2.75) is 52.0 Å². The number of nitriles is 1. The number of carboxylic acid groups (broad SMARTS) is 1. The van der Waals surface area contributed by atoms with Gasteiger partial charge in [-0.15, -0.1) is 0 Å². The fraction of sp³-hybridized carbons (Fsp3) is 0.462. The predicted octanol–water partition coefficient (Wildman–Crippen LogP) is 5.52. The fourth-order valence-electron chi connectivity index (χ4n) is 4.29. The molecule has 1 saturated heterocycles. The van der Waals surface area contributed by atoms with Crippen molar-refractivity contribution in [1.29, 1.82) is 5.26 Å². The van der Waals surface area contributed by atoms with Crippen LogP contribution in [0.3, 0.4) is 0 Å². The summed E-state index contributed by atoms with van der Waals surface area (Å²) in [5.74, 6) is -0.886. The Morgan fingerprint density at radius 1 is 1.22 bits per heavy atom. The minimum Gasteiger partial charge on any atom is -0.481 e. The van der Waals surface area contributed by atoms with Gasteiger partial charge in [0.15, 0.2) is 0 Å². The Hall–Kier alpha value is -3.04. The maximum Gasteiger partial charge on any atom is 0.310 e. The lowest BCUT2D eigenvalue weighted by Gasteiger charge is -2.38. The molecule has 1 fully saturated rings. The van der Waals surface area contributed by atoms with Crippen LogP contribution in [0.1, 0.15) is 57.1 Å². The second kappa shape index (κ2) is 11.0. The van der Waals surface area contributed by atoms with Crippen molar-refractivity contribution >= 4 is 23.0 Å². The predicted molar refractivity (Wildman–Crippen MR) is 128 cm³/mol. The summed E-state index contributed by atoms with van der Waals surface area (Å²) in [6.07, 6.45) is 2.47. The molecule has 0 aliphatic carbocycles. The van der Waals surface area contributed by atoms with Crippen LogP contribution in [-0.4, -0.2) is 36.9 Å². The molecule has 32 heavy (non-hydrogen) atoms. The number of aliphatic carboxylic acids is 1. The molecule has 1 aliphatic heterocycles. The summed E-state index contributed by atoms with van der Waals surface area (Å²) in [7, 11) is 0. The monoisotopic (exact) mass is 435 g/mol. The number of ether oxygens (including phenoxy) is 1. The Kier molecular flexibility index (Phi) is 8.13. The Labute approximate surface area is 190 Å². The van der Waals surface area contributed by atoms with Crippen molar-refractivity contribution in [2.24, 2.45) is 5.92 Å². The van der Waals surface area contributed by atoms with E-state index in [1.54, 1.807) is 12.1 Å². The number of benzene rings is 2. The summed E-state index contributed by atoms with van der Waals surface area (Å²) in [6, 6.07) is 15.8. The molecule has 0 saturated carbocycles. The first kappa shape index (κ1) is 23.6. The molecular weight excluding hydrogens is 402 g/mol. The minimum absolute atomic E-state index is 0.375. The van der Waals surface area contributed by atoms with Gasteiger partial charge >= 0.3 is 5.97 Å². The number of carboxylic acids is 1. The van der Waals surface area contributed by atoms with E-state index in [1.807, 2.05) is 31.2 Å². The Bertz CT molecular complexity index is 944. The van der Waals surface area contributed by atoms with Gasteiger partial charge in [0, 0.05) is 31.5 Å². The summed E-state index contributed by atoms with van der Waals surface area (Å²) in [5.41, 5.74) is 4.21. The first-order valence-electron chi connectivity index (χ1n) is 11.4. The molecule has 0 bridgehead atoms. The highest BCUT2D eigenvalue weighted by Crippen LogP contribution is 2.36. The van der Waals surface area contributed by atoms with Crippen LogP contribution in [0.15, 0.2) is 42.5 Å². The van der Waals surface area contributed by atoms with Crippen LogP contribution >= 0.6 is 0 Å². The van der Waals surface area contributed by atoms with Crippen molar-refractivity contribution in [3.05, 3.63) is 53.6 Å². The van der Waals surface area contributed by atoms with E-state index < -0.39 is 11.9 Å². The summed E-state index contributed by atoms with van der Waals surface area (Å²) in [4.78, 5) is 14.3. The molecule has 0 radical (unpaired) electrons. The number of rotatable bonds is 9. The smallest absolute Gasteiger partial charge is 0.310 e. The van der Waals surface area contributed by atoms with Gasteiger partial charge in [0.1, 0.15) is 0 Å². The standard InChI is InChI=1S/C26H33N3O3/c1-4-23(26(30)31)20-7-10-25(29(17-18(2)3)22-11-13-32-14-12-22)24(15-20)28-21-8-5-19(16-27)6-9-21/h5-10,15,18,22-23,28H,4,11-14,17H2,1-3H3,(H,30,31). The average Bonchev–Trinajstić information content (AvgIpc) is 2.79. The van der Waals surface area contributed by atoms with Gasteiger partial charge in [-0.2, -0.15) is 5.26 Å². The van der Waals surface area contributed by atoms with Crippen molar-refractivity contribution in [2.75, 3.05) is 30.0 Å². The van der Waals surface area contributed by atoms with Crippen molar-refractivity contribution in [3.8, 4) is 6.07 Å². The summed E-state index contributed by atoms with van der Waals surface area (Å²) in [6.45, 7) is 8.74. The largest absolute Gasteiger partial charge is 0.481 e. The van der Waals surface area contributed by atoms with E-state index in [4.69, 9.17) is 10.00 Å². The molecule has 170 valence electrons. The minimum atomic E-state index is -0.812. The molecule has 2 N–H and O–H groups in total. The number of nitrogens with zero attached hydrogens (tertiary/aromatic N) is 2. The molecule has 0 spiro atoms. The molecule has 6 heteroatoms. The second-order valence-electron chi connectivity index (χ2n) is 8.78. The Morgan fingerprint density at radius 3 is 2.47 bits per heavy atom. The van der Waals surface area contributed by atoms with Crippen molar-refractivity contribution in [1.82, 2.24) is 0 Å². The topological polar surface area (TPSA) is 85.6 Å². The van der Waals surface area contributed by atoms with Crippen LogP contribution in [0.4, 0.5) is 17.1 Å². The third-order valence-electron chi connectivity index (χ3n) is 5.93. The molecule has 2 aromatic carbocycles. The Morgan fingerprint density at radius 2 is 1.91 bits per heavy atom. The van der Waals surface area contributed by atoms with E-state index >= 15 is 0 Å². The SMILES string of the molecule is CCC(C(=O)O)c1ccc(N(CC(C)C)C2CCOCC2)c(Nc2ccc(C#N)cc2)c1. The molecule has 1 unspecified atom stereocenters. The van der Waals surface area contributed by atoms with Crippen molar-refractivity contribution in [3.63, 3.8) is 0 Å². The van der Waals surface area contributed by atoms with Crippen LogP contribution in [-0.2, 0) is 9.53 Å². The second-order valence-corrected chi connectivity index (χ2v) is 8.78. The number of anilines is 3. The van der Waals surface area contributed by atoms with Gasteiger partial charge in [-0.1, -0.05) is 26.8 Å². The van der Waals surface area contributed by atoms with E-state index in [9.17, 15) is 9.90 Å². The zero-order valence-corrected chi connectivity index (χ0v) is 19.2. The maximum absolute atomic E-state index is 11.8. The fourth-order valence-corrected chi connectivity index (χ4v) is 4.29. The van der Waals surface area contributed by atoms with Crippen LogP contribution in [0.2, 0.25) is 0 Å². The summed E-state index contributed by atoms with van der Waals surface area (Å²) < 4.78 is 5.60. The number of carbonyl (C=O) groups is 1. The highest BCUT2D eigenvalue weighted by atomic mass is 16.5. The quantitative estimate of drug-likeness (QED) is 0.539. The summed E-state index contributed by atoms with van der Waals surface area (Å²) in [5, 5.41) is 22.3. The lowest BCUT2D eigenvalue weighted by Crippen LogP contribution is -2.42. The van der Waals surface area contributed by atoms with Crippen LogP contribution in [0.5, 0.6) is 0 Å². The molecule has 2 aromatic rings. The first-order valence-corrected chi connectivity index (χ1v) is 11.4. The zero-order valence-electron chi connectivity index (χ0n) is 19.2. The lowest BCUT2D eigenvalue weighted by atomic mass is 9.94. The molecule has 1 heterocycles. The normalized spacial score (nSPS) is 15.2. The van der Waals surface area contributed by atoms with Crippen molar-refractivity contribution < 1.29 is 14.6 Å². The molecule has 1 aliphatic rings. The van der Waals surface area contributed by atoms with Gasteiger partial charge in [0.25, 0.3) is 0 Å². The van der Waals surface area contributed by atoms with E-state index in [-0.39, 0.29) is 0 Å². The highest BCUT2D eigenvalue weighted by Gasteiger charge is 2.26. The first-order chi connectivity index (χ1) is 15.4. The third-order valence-corrected chi connectivity index (χ3v) is 5.93. The number of nitrogens with one attached hydrogen (secondary N) is 1. The van der Waals surface area contributed by atoms with Crippen LogP contribution < -0.4 is 10.2 Å². The van der Waals surface area contributed by atoms with Gasteiger partial charge in [-0.05, 0) is 67.1 Å². The lowest BCUT2D eigenvalue weighted by molar-refractivity contribution is -0.138. The van der Waals surface area contributed by atoms with E-state index in [0.717, 1.165) is 55.2 Å². The molecular formula is C26H33N3O3. The van der Waals surface area contributed by atoms with Gasteiger partial charge < -0.3 is 20.1 Å². The van der Waals surface area contributed by atoms with Gasteiger partial charge in [0.2, 0.25) is 0 Å². The average molecular weight is 436 g/mol. The van der Waals surface area contributed by atoms with Gasteiger partial charge in [-0.3, -0.25) is 4.79 Å². The molecule has 0 aromatic heterocycles. The van der Waals surface area contributed by atoms with Crippen LogP contribution in [0.25, 0.3) is 0 Å². The van der Waals surface area contributed by atoms with Gasteiger partial charge in [0.05, 0.1) is 28.9 Å². The highest BCUT2D eigenvalue weighted by molar-refractivity contribution is 5.81. The zero-order chi connectivity index (χ0) is 23.1. The maximum atomic E-state index is 11.8. The number of hydrogen-bond acceptors (Lipinski definition) is 5. The van der Waals surface area contributed by atoms with Gasteiger partial charge in [-0.25, -0.2) is 0 Å². The van der Waals surface area contributed by atoms with E-state index in [1.165, 1.54) is 0 Å². The van der Waals surface area contributed by atoms with Crippen LogP contribution in [0, 0.1) is 17.2 Å². The van der Waals surface area contributed by atoms with E-state index in [2.05, 4.69) is 36.2 Å². The summed E-state index contributed by atoms with van der Waals surface area (Å²) >= 11 is 0.